The Labute approximate surface area is 172 Å². The largest absolute Gasteiger partial charge is 0.355 e. The van der Waals surface area contributed by atoms with Gasteiger partial charge in [-0.05, 0) is 37.6 Å². The lowest BCUT2D eigenvalue weighted by atomic mass is 9.96. The zero-order chi connectivity index (χ0) is 19.9. The van der Waals surface area contributed by atoms with Gasteiger partial charge in [-0.3, -0.25) is 14.5 Å². The van der Waals surface area contributed by atoms with Crippen molar-refractivity contribution in [3.63, 3.8) is 0 Å². The van der Waals surface area contributed by atoms with Crippen LogP contribution in [0.1, 0.15) is 18.4 Å². The van der Waals surface area contributed by atoms with Crippen LogP contribution in [0.25, 0.3) is 0 Å². The molecule has 6 nitrogen and oxygen atoms in total. The maximum absolute atomic E-state index is 12.6. The second-order valence-corrected chi connectivity index (χ2v) is 8.32. The number of piperazine rings is 1. The summed E-state index contributed by atoms with van der Waals surface area (Å²) in [5.74, 6) is 0.129. The fourth-order valence-electron chi connectivity index (χ4n) is 3.81. The van der Waals surface area contributed by atoms with Gasteiger partial charge in [-0.15, -0.1) is 0 Å². The van der Waals surface area contributed by atoms with Crippen LogP contribution in [0.5, 0.6) is 0 Å². The second kappa shape index (κ2) is 10.2. The van der Waals surface area contributed by atoms with E-state index in [9.17, 15) is 9.59 Å². The van der Waals surface area contributed by atoms with Gasteiger partial charge in [-0.2, -0.15) is 0 Å². The lowest BCUT2D eigenvalue weighted by Crippen LogP contribution is -2.49. The first-order valence-electron chi connectivity index (χ1n) is 10.2. The summed E-state index contributed by atoms with van der Waals surface area (Å²) in [5.41, 5.74) is 1.15. The van der Waals surface area contributed by atoms with E-state index in [-0.39, 0.29) is 17.7 Å². The van der Waals surface area contributed by atoms with Crippen molar-refractivity contribution in [1.29, 1.82) is 0 Å². The molecule has 2 amide bonds. The predicted molar refractivity (Wildman–Crippen MR) is 111 cm³/mol. The second-order valence-electron chi connectivity index (χ2n) is 7.89. The van der Waals surface area contributed by atoms with Crippen molar-refractivity contribution in [2.24, 2.45) is 5.92 Å². The summed E-state index contributed by atoms with van der Waals surface area (Å²) < 4.78 is 0. The normalized spacial score (nSPS) is 21.7. The summed E-state index contributed by atoms with van der Waals surface area (Å²) in [6.07, 6.45) is 1.88. The number of benzene rings is 1. The fraction of sp³-hybridized carbons (Fsp3) is 0.619. The molecule has 0 saturated carbocycles. The number of nitrogens with one attached hydrogen (secondary N) is 1. The van der Waals surface area contributed by atoms with Crippen molar-refractivity contribution < 1.29 is 9.59 Å². The Morgan fingerprint density at radius 2 is 1.86 bits per heavy atom. The van der Waals surface area contributed by atoms with Crippen molar-refractivity contribution in [1.82, 2.24) is 20.0 Å². The summed E-state index contributed by atoms with van der Waals surface area (Å²) in [6, 6.07) is 7.70. The zero-order valence-electron chi connectivity index (χ0n) is 16.7. The molecule has 2 aliphatic rings. The number of hydrogen-bond acceptors (Lipinski definition) is 4. The Morgan fingerprint density at radius 3 is 2.57 bits per heavy atom. The monoisotopic (exact) mass is 406 g/mol. The molecule has 1 aromatic carbocycles. The molecule has 2 fully saturated rings. The van der Waals surface area contributed by atoms with Gasteiger partial charge in [-0.25, -0.2) is 0 Å². The van der Waals surface area contributed by atoms with E-state index >= 15 is 0 Å². The van der Waals surface area contributed by atoms with Gasteiger partial charge in [0.1, 0.15) is 0 Å². The number of carbonyl (C=O) groups excluding carboxylic acids is 2. The smallest absolute Gasteiger partial charge is 0.224 e. The van der Waals surface area contributed by atoms with Crippen molar-refractivity contribution in [3.8, 4) is 0 Å². The molecular weight excluding hydrogens is 376 g/mol. The maximum Gasteiger partial charge on any atom is 0.224 e. The van der Waals surface area contributed by atoms with Crippen LogP contribution in [-0.2, 0) is 16.0 Å². The number of rotatable bonds is 7. The first-order chi connectivity index (χ1) is 13.5. The Bertz CT molecular complexity index is 659. The Kier molecular flexibility index (Phi) is 7.71. The molecule has 0 aromatic heterocycles. The molecule has 28 heavy (non-hydrogen) atoms. The first kappa shape index (κ1) is 21.1. The molecule has 0 aliphatic carbocycles. The van der Waals surface area contributed by atoms with Gasteiger partial charge >= 0.3 is 0 Å². The van der Waals surface area contributed by atoms with Crippen LogP contribution in [0.15, 0.2) is 24.3 Å². The first-order valence-corrected chi connectivity index (χ1v) is 10.6. The Hall–Kier alpha value is -1.63. The molecule has 0 bridgehead atoms. The van der Waals surface area contributed by atoms with Crippen LogP contribution in [0.3, 0.4) is 0 Å². The van der Waals surface area contributed by atoms with Crippen LogP contribution < -0.4 is 5.32 Å². The fourth-order valence-corrected chi connectivity index (χ4v) is 3.94. The molecule has 1 N–H and O–H groups in total. The minimum Gasteiger partial charge on any atom is -0.355 e. The summed E-state index contributed by atoms with van der Waals surface area (Å²) in [5, 5.41) is 3.79. The third kappa shape index (κ3) is 6.19. The molecule has 1 atom stereocenters. The third-order valence-electron chi connectivity index (χ3n) is 5.78. The Morgan fingerprint density at radius 1 is 1.14 bits per heavy atom. The van der Waals surface area contributed by atoms with Gasteiger partial charge < -0.3 is 15.1 Å². The van der Waals surface area contributed by atoms with Crippen molar-refractivity contribution in [2.75, 3.05) is 59.4 Å². The van der Waals surface area contributed by atoms with E-state index in [0.717, 1.165) is 44.7 Å². The number of nitrogens with zero attached hydrogens (tertiary/aromatic N) is 3. The van der Waals surface area contributed by atoms with Gasteiger partial charge in [0.25, 0.3) is 0 Å². The highest BCUT2D eigenvalue weighted by atomic mass is 35.5. The number of hydrogen-bond donors (Lipinski definition) is 1. The van der Waals surface area contributed by atoms with E-state index in [1.165, 1.54) is 0 Å². The average Bonchev–Trinajstić information content (AvgIpc) is 2.70. The molecule has 3 rings (SSSR count). The highest BCUT2D eigenvalue weighted by molar-refractivity contribution is 6.30. The van der Waals surface area contributed by atoms with E-state index in [1.54, 1.807) is 0 Å². The van der Waals surface area contributed by atoms with Crippen LogP contribution in [-0.4, -0.2) is 85.9 Å². The van der Waals surface area contributed by atoms with E-state index in [1.807, 2.05) is 29.2 Å². The summed E-state index contributed by atoms with van der Waals surface area (Å²) in [7, 11) is 2.14. The molecule has 0 radical (unpaired) electrons. The molecule has 2 heterocycles. The SMILES string of the molecule is CN1CCN(CCNC(=O)[C@H]2CCC(=O)N(CCc3ccc(Cl)cc3)C2)CC1. The summed E-state index contributed by atoms with van der Waals surface area (Å²) in [4.78, 5) is 31.4. The molecule has 0 spiro atoms. The van der Waals surface area contributed by atoms with E-state index in [0.29, 0.717) is 37.5 Å². The van der Waals surface area contributed by atoms with Crippen LogP contribution >= 0.6 is 11.6 Å². The van der Waals surface area contributed by atoms with Crippen molar-refractivity contribution >= 4 is 23.4 Å². The molecule has 7 heteroatoms. The molecule has 0 unspecified atom stereocenters. The number of amides is 2. The lowest BCUT2D eigenvalue weighted by Gasteiger charge is -2.33. The van der Waals surface area contributed by atoms with Gasteiger partial charge in [-0.1, -0.05) is 23.7 Å². The third-order valence-corrected chi connectivity index (χ3v) is 6.03. The zero-order valence-corrected chi connectivity index (χ0v) is 17.5. The molecule has 2 aliphatic heterocycles. The van der Waals surface area contributed by atoms with Crippen molar-refractivity contribution in [3.05, 3.63) is 34.9 Å². The summed E-state index contributed by atoms with van der Waals surface area (Å²) in [6.45, 7) is 7.02. The minimum absolute atomic E-state index is 0.0816. The van der Waals surface area contributed by atoms with Crippen LogP contribution in [0.4, 0.5) is 0 Å². The minimum atomic E-state index is -0.101. The van der Waals surface area contributed by atoms with E-state index < -0.39 is 0 Å². The number of carbonyl (C=O) groups is 2. The highest BCUT2D eigenvalue weighted by Crippen LogP contribution is 2.19. The van der Waals surface area contributed by atoms with Gasteiger partial charge in [0.05, 0.1) is 5.92 Å². The maximum atomic E-state index is 12.6. The predicted octanol–water partition coefficient (Wildman–Crippen LogP) is 1.48. The number of likely N-dealkylation sites (tertiary alicyclic amines) is 1. The topological polar surface area (TPSA) is 55.9 Å². The Balaban J connectivity index is 1.40. The van der Waals surface area contributed by atoms with Crippen LogP contribution in [0, 0.1) is 5.92 Å². The summed E-state index contributed by atoms with van der Waals surface area (Å²) >= 11 is 5.92. The highest BCUT2D eigenvalue weighted by Gasteiger charge is 2.29. The van der Waals surface area contributed by atoms with Crippen LogP contribution in [0.2, 0.25) is 5.02 Å². The molecule has 1 aromatic rings. The quantitative estimate of drug-likeness (QED) is 0.745. The van der Waals surface area contributed by atoms with E-state index in [4.69, 9.17) is 11.6 Å². The van der Waals surface area contributed by atoms with Gasteiger partial charge in [0, 0.05) is 63.8 Å². The standard InChI is InChI=1S/C21H31ClN4O2/c1-24-12-14-25(15-13-24)11-9-23-21(28)18-4-7-20(27)26(16-18)10-8-17-2-5-19(22)6-3-17/h2-3,5-6,18H,4,7-16H2,1H3,(H,23,28)/t18-/m0/s1. The molecule has 154 valence electrons. The number of halogens is 1. The molecule has 2 saturated heterocycles. The van der Waals surface area contributed by atoms with Gasteiger partial charge in [0.2, 0.25) is 11.8 Å². The number of likely N-dealkylation sites (N-methyl/N-ethyl adjacent to an activating group) is 1. The number of piperidine rings is 1. The average molecular weight is 407 g/mol. The van der Waals surface area contributed by atoms with Gasteiger partial charge in [0.15, 0.2) is 0 Å². The van der Waals surface area contributed by atoms with Crippen molar-refractivity contribution in [2.45, 2.75) is 19.3 Å². The lowest BCUT2D eigenvalue weighted by molar-refractivity contribution is -0.138. The molecular formula is C21H31ClN4O2. The van der Waals surface area contributed by atoms with E-state index in [2.05, 4.69) is 22.2 Å².